The standard InChI is InChI=1S/C20H15NO3/c1-23-15-7-8-18(22)13(10-15)12-21-14-6-9-20-17(11-14)16-4-2-3-5-19(16)24-20/h2-12,22H,1H3. The fourth-order valence-corrected chi connectivity index (χ4v) is 2.70. The summed E-state index contributed by atoms with van der Waals surface area (Å²) in [6.45, 7) is 0. The minimum absolute atomic E-state index is 0.161. The van der Waals surface area contributed by atoms with Crippen LogP contribution in [-0.4, -0.2) is 18.4 Å². The summed E-state index contributed by atoms with van der Waals surface area (Å²) in [5, 5.41) is 12.0. The molecule has 1 aromatic heterocycles. The molecule has 0 bridgehead atoms. The van der Waals surface area contributed by atoms with Crippen molar-refractivity contribution in [3.05, 3.63) is 66.2 Å². The number of phenolic OH excluding ortho intramolecular Hbond substituents is 1. The number of nitrogens with zero attached hydrogens (tertiary/aromatic N) is 1. The minimum atomic E-state index is 0.161. The summed E-state index contributed by atoms with van der Waals surface area (Å²) < 4.78 is 11.0. The number of methoxy groups -OCH3 is 1. The fourth-order valence-electron chi connectivity index (χ4n) is 2.70. The number of aromatic hydroxyl groups is 1. The Hall–Kier alpha value is -3.27. The Morgan fingerprint density at radius 2 is 1.79 bits per heavy atom. The van der Waals surface area contributed by atoms with E-state index < -0.39 is 0 Å². The van der Waals surface area contributed by atoms with Gasteiger partial charge in [0.2, 0.25) is 0 Å². The fraction of sp³-hybridized carbons (Fsp3) is 0.0500. The van der Waals surface area contributed by atoms with Gasteiger partial charge in [0.05, 0.1) is 12.8 Å². The Labute approximate surface area is 138 Å². The van der Waals surface area contributed by atoms with E-state index in [-0.39, 0.29) is 5.75 Å². The minimum Gasteiger partial charge on any atom is -0.507 e. The van der Waals surface area contributed by atoms with E-state index in [1.807, 2.05) is 42.5 Å². The van der Waals surface area contributed by atoms with E-state index >= 15 is 0 Å². The second kappa shape index (κ2) is 5.74. The van der Waals surface area contributed by atoms with E-state index in [1.165, 1.54) is 0 Å². The van der Waals surface area contributed by atoms with Crippen molar-refractivity contribution in [1.29, 1.82) is 0 Å². The van der Waals surface area contributed by atoms with Crippen LogP contribution < -0.4 is 4.74 Å². The molecule has 0 spiro atoms. The van der Waals surface area contributed by atoms with Gasteiger partial charge < -0.3 is 14.3 Å². The van der Waals surface area contributed by atoms with Crippen LogP contribution in [0.15, 0.2) is 70.1 Å². The van der Waals surface area contributed by atoms with E-state index in [1.54, 1.807) is 31.5 Å². The maximum absolute atomic E-state index is 9.93. The number of hydrogen-bond donors (Lipinski definition) is 1. The molecule has 1 heterocycles. The van der Waals surface area contributed by atoms with Crippen molar-refractivity contribution in [2.45, 2.75) is 0 Å². The Balaban J connectivity index is 1.75. The SMILES string of the molecule is COc1ccc(O)c(C=Nc2ccc3oc4ccccc4c3c2)c1. The molecule has 0 radical (unpaired) electrons. The van der Waals surface area contributed by atoms with Gasteiger partial charge in [-0.1, -0.05) is 18.2 Å². The van der Waals surface area contributed by atoms with E-state index in [9.17, 15) is 5.11 Å². The van der Waals surface area contributed by atoms with Gasteiger partial charge in [-0.3, -0.25) is 4.99 Å². The predicted octanol–water partition coefficient (Wildman–Crippen LogP) is 5.05. The molecule has 118 valence electrons. The maximum atomic E-state index is 9.93. The molecule has 3 aromatic carbocycles. The van der Waals surface area contributed by atoms with Gasteiger partial charge in [-0.2, -0.15) is 0 Å². The molecular weight excluding hydrogens is 302 g/mol. The topological polar surface area (TPSA) is 55.0 Å². The van der Waals surface area contributed by atoms with Crippen LogP contribution in [0.1, 0.15) is 5.56 Å². The Kier molecular flexibility index (Phi) is 3.43. The second-order valence-corrected chi connectivity index (χ2v) is 5.46. The molecule has 0 saturated carbocycles. The molecule has 0 aliphatic carbocycles. The summed E-state index contributed by atoms with van der Waals surface area (Å²) in [4.78, 5) is 4.47. The summed E-state index contributed by atoms with van der Waals surface area (Å²) >= 11 is 0. The largest absolute Gasteiger partial charge is 0.507 e. The Morgan fingerprint density at radius 3 is 2.67 bits per heavy atom. The first-order valence-corrected chi connectivity index (χ1v) is 7.57. The number of rotatable bonds is 3. The number of benzene rings is 3. The van der Waals surface area contributed by atoms with Gasteiger partial charge in [0.25, 0.3) is 0 Å². The summed E-state index contributed by atoms with van der Waals surface area (Å²) in [6.07, 6.45) is 1.63. The van der Waals surface area contributed by atoms with E-state index in [2.05, 4.69) is 4.99 Å². The number of ether oxygens (including phenoxy) is 1. The highest BCUT2D eigenvalue weighted by atomic mass is 16.5. The van der Waals surface area contributed by atoms with Gasteiger partial charge in [0.15, 0.2) is 0 Å². The van der Waals surface area contributed by atoms with Crippen molar-refractivity contribution in [3.63, 3.8) is 0 Å². The van der Waals surface area contributed by atoms with Crippen LogP contribution in [0.4, 0.5) is 5.69 Å². The van der Waals surface area contributed by atoms with Crippen molar-refractivity contribution in [1.82, 2.24) is 0 Å². The Bertz CT molecular complexity index is 1060. The predicted molar refractivity (Wildman–Crippen MR) is 95.6 cm³/mol. The van der Waals surface area contributed by atoms with Gasteiger partial charge >= 0.3 is 0 Å². The van der Waals surface area contributed by atoms with Gasteiger partial charge in [0, 0.05) is 22.6 Å². The van der Waals surface area contributed by atoms with Crippen LogP contribution in [0.2, 0.25) is 0 Å². The van der Waals surface area contributed by atoms with Crippen LogP contribution in [0.5, 0.6) is 11.5 Å². The molecule has 0 aliphatic rings. The van der Waals surface area contributed by atoms with Crippen LogP contribution in [0.25, 0.3) is 21.9 Å². The van der Waals surface area contributed by atoms with E-state index in [4.69, 9.17) is 9.15 Å². The quantitative estimate of drug-likeness (QED) is 0.538. The first-order chi connectivity index (χ1) is 11.7. The highest BCUT2D eigenvalue weighted by Gasteiger charge is 2.06. The third kappa shape index (κ3) is 2.48. The highest BCUT2D eigenvalue weighted by Crippen LogP contribution is 2.31. The summed E-state index contributed by atoms with van der Waals surface area (Å²) in [7, 11) is 1.59. The molecule has 0 aliphatic heterocycles. The maximum Gasteiger partial charge on any atom is 0.135 e. The molecule has 0 unspecified atom stereocenters. The Morgan fingerprint density at radius 1 is 0.958 bits per heavy atom. The molecule has 0 atom stereocenters. The van der Waals surface area contributed by atoms with Crippen molar-refractivity contribution >= 4 is 33.8 Å². The van der Waals surface area contributed by atoms with E-state index in [0.717, 1.165) is 27.6 Å². The lowest BCUT2D eigenvalue weighted by molar-refractivity contribution is 0.412. The lowest BCUT2D eigenvalue weighted by Crippen LogP contribution is -1.87. The number of fused-ring (bicyclic) bond motifs is 3. The van der Waals surface area contributed by atoms with Gasteiger partial charge in [0.1, 0.15) is 22.7 Å². The molecule has 1 N–H and O–H groups in total. The number of furan rings is 1. The number of para-hydroxylation sites is 1. The first kappa shape index (κ1) is 14.3. The van der Waals surface area contributed by atoms with Crippen LogP contribution in [0.3, 0.4) is 0 Å². The molecule has 24 heavy (non-hydrogen) atoms. The van der Waals surface area contributed by atoms with Gasteiger partial charge in [-0.25, -0.2) is 0 Å². The molecular formula is C20H15NO3. The zero-order valence-corrected chi connectivity index (χ0v) is 13.1. The second-order valence-electron chi connectivity index (χ2n) is 5.46. The summed E-state index contributed by atoms with van der Waals surface area (Å²) in [6, 6.07) is 18.7. The molecule has 0 amide bonds. The van der Waals surface area contributed by atoms with E-state index in [0.29, 0.717) is 11.3 Å². The number of phenols is 1. The summed E-state index contributed by atoms with van der Waals surface area (Å²) in [5.41, 5.74) is 3.08. The normalized spacial score (nSPS) is 11.5. The summed E-state index contributed by atoms with van der Waals surface area (Å²) in [5.74, 6) is 0.833. The van der Waals surface area contributed by atoms with Crippen LogP contribution >= 0.6 is 0 Å². The molecule has 4 nitrogen and oxygen atoms in total. The molecule has 4 rings (SSSR count). The van der Waals surface area contributed by atoms with Crippen molar-refractivity contribution in [2.75, 3.05) is 7.11 Å². The van der Waals surface area contributed by atoms with Gasteiger partial charge in [-0.05, 0) is 42.5 Å². The highest BCUT2D eigenvalue weighted by molar-refractivity contribution is 6.06. The van der Waals surface area contributed by atoms with Crippen molar-refractivity contribution in [2.24, 2.45) is 4.99 Å². The lowest BCUT2D eigenvalue weighted by atomic mass is 10.1. The lowest BCUT2D eigenvalue weighted by Gasteiger charge is -2.03. The zero-order chi connectivity index (χ0) is 16.5. The number of aliphatic imine (C=N–C) groups is 1. The van der Waals surface area contributed by atoms with Crippen LogP contribution in [0, 0.1) is 0 Å². The average Bonchev–Trinajstić information content (AvgIpc) is 2.99. The molecule has 0 fully saturated rings. The monoisotopic (exact) mass is 317 g/mol. The van der Waals surface area contributed by atoms with Crippen molar-refractivity contribution < 1.29 is 14.3 Å². The smallest absolute Gasteiger partial charge is 0.135 e. The zero-order valence-electron chi connectivity index (χ0n) is 13.1. The first-order valence-electron chi connectivity index (χ1n) is 7.57. The third-order valence-corrected chi connectivity index (χ3v) is 3.95. The number of hydrogen-bond acceptors (Lipinski definition) is 4. The van der Waals surface area contributed by atoms with Gasteiger partial charge in [-0.15, -0.1) is 0 Å². The molecule has 4 heteroatoms. The average molecular weight is 317 g/mol. The molecule has 4 aromatic rings. The molecule has 0 saturated heterocycles. The van der Waals surface area contributed by atoms with Crippen molar-refractivity contribution in [3.8, 4) is 11.5 Å². The third-order valence-electron chi connectivity index (χ3n) is 3.95. The van der Waals surface area contributed by atoms with Crippen LogP contribution in [-0.2, 0) is 0 Å².